The molecule has 0 bridgehead atoms. The fourth-order valence-electron chi connectivity index (χ4n) is 11.2. The molecule has 28 heteroatoms. The van der Waals surface area contributed by atoms with Crippen molar-refractivity contribution in [3.05, 3.63) is 302 Å². The van der Waals surface area contributed by atoms with E-state index in [0.717, 1.165) is 125 Å². The number of hydrogen-bond acceptors (Lipinski definition) is 17. The van der Waals surface area contributed by atoms with Gasteiger partial charge in [-0.3, -0.25) is 24.1 Å². The van der Waals surface area contributed by atoms with Gasteiger partial charge >= 0.3 is 21.9 Å². The Morgan fingerprint density at radius 3 is 1.18 bits per heavy atom. The molecule has 10 aromatic carbocycles. The Bertz CT molecular complexity index is 5090. The van der Waals surface area contributed by atoms with Crippen LogP contribution in [0.2, 0.25) is 25.1 Å². The van der Waals surface area contributed by atoms with Gasteiger partial charge in [0, 0.05) is 106 Å². The summed E-state index contributed by atoms with van der Waals surface area (Å²) >= 11 is 28.9. The molecular weight excluding hydrogens is 1520 g/mol. The van der Waals surface area contributed by atoms with Crippen molar-refractivity contribution in [2.45, 2.75) is 51.9 Å². The third kappa shape index (κ3) is 22.6. The van der Waals surface area contributed by atoms with Crippen LogP contribution >= 0.6 is 69.5 Å². The van der Waals surface area contributed by atoms with Crippen LogP contribution in [0.15, 0.2) is 236 Å². The summed E-state index contributed by atoms with van der Waals surface area (Å²) in [5.74, 6) is 0.899. The number of amides is 1. The zero-order valence-corrected chi connectivity index (χ0v) is 64.2. The van der Waals surface area contributed by atoms with Crippen LogP contribution in [0.25, 0.3) is 78.4 Å². The lowest BCUT2D eigenvalue weighted by Crippen LogP contribution is -2.25. The molecule has 2 aliphatic rings. The standard InChI is InChI=1S/C18H18ClNO2.C16H13ClN2O3.C16H13ClN2O2S.C15H13ClN2O3S.C15H15ClN2O2/c1-22-11-14-10-13(18(21)20-16-7-8-16)4-9-17(14)12-2-5-15(19)6-3-12;2*1-21-9-12-8-11(15-18-16(20)22-19-15)4-7-14(12)10-2-5-13(17)6-3-10;1-20-9-12-8-11(15-17-21-22(19)18-15)4-7-14(12)10-2-5-13(16)6-3-10;1-20-9-12-8-11(15(17)18-19)4-7-14(12)10-2-5-13(16)6-3-10/h2-6,9-10,16H,7-8,11H2,1H3,(H,20,21);2*2-8H,9H2,1H3,(H,18,19,20);2-8H,9H2,1H3,(H,17,18);2-8,19H,9H2,1H3,(H2,17,18). The highest BCUT2D eigenvalue weighted by Crippen LogP contribution is 2.34. The summed E-state index contributed by atoms with van der Waals surface area (Å²) in [4.78, 5) is 39.6. The SMILES string of the molecule is COCc1cc(-c2noc(=O)[nH]2)ccc1-c1ccc(Cl)cc1.COCc1cc(-c2nsc(=O)[nH]2)ccc1-c1ccc(Cl)cc1.COCc1cc(/C(N)=N/O)ccc1-c1ccc(Cl)cc1.COCc1cc(C(=O)NC2CC2)ccc1-c1ccc(Cl)cc1.COCc1cc(C2=NS(=O)ON2)ccc1-c1ccc(Cl)cc1. The van der Waals surface area contributed by atoms with Gasteiger partial charge in [0.25, 0.3) is 5.91 Å². The molecule has 556 valence electrons. The number of amidine groups is 2. The Labute approximate surface area is 654 Å². The fourth-order valence-corrected chi connectivity index (χ4v) is 12.8. The van der Waals surface area contributed by atoms with Gasteiger partial charge in [0.15, 0.2) is 23.3 Å². The van der Waals surface area contributed by atoms with Gasteiger partial charge in [0.1, 0.15) is 0 Å². The number of rotatable bonds is 21. The van der Waals surface area contributed by atoms with Crippen LogP contribution in [-0.2, 0) is 72.3 Å². The van der Waals surface area contributed by atoms with Crippen LogP contribution < -0.4 is 27.2 Å². The second-order valence-electron chi connectivity index (χ2n) is 24.0. The summed E-state index contributed by atoms with van der Waals surface area (Å²) in [7, 11) is 8.21. The number of methoxy groups -OCH3 is 5. The summed E-state index contributed by atoms with van der Waals surface area (Å²) in [6, 6.07) is 67.3. The summed E-state index contributed by atoms with van der Waals surface area (Å²) in [5, 5.41) is 21.9. The smallest absolute Gasteiger partial charge is 0.409 e. The molecule has 108 heavy (non-hydrogen) atoms. The number of oxime groups is 1. The van der Waals surface area contributed by atoms with Gasteiger partial charge in [0.05, 0.1) is 33.0 Å². The Morgan fingerprint density at radius 2 is 0.843 bits per heavy atom. The molecule has 2 aromatic heterocycles. The minimum atomic E-state index is -1.68. The van der Waals surface area contributed by atoms with Crippen molar-refractivity contribution in [3.63, 3.8) is 0 Å². The van der Waals surface area contributed by atoms with Crippen molar-refractivity contribution in [1.82, 2.24) is 30.3 Å². The van der Waals surface area contributed by atoms with E-state index < -0.39 is 17.0 Å². The van der Waals surface area contributed by atoms with E-state index in [1.807, 2.05) is 206 Å². The third-order valence-electron chi connectivity index (χ3n) is 16.5. The molecule has 1 aliphatic carbocycles. The van der Waals surface area contributed by atoms with Gasteiger partial charge < -0.3 is 39.9 Å². The number of nitrogens with zero attached hydrogens (tertiary/aromatic N) is 4. The van der Waals surface area contributed by atoms with E-state index in [0.29, 0.717) is 92.8 Å². The van der Waals surface area contributed by atoms with Crippen molar-refractivity contribution in [2.75, 3.05) is 35.5 Å². The Balaban J connectivity index is 0.000000144. The number of hydroxylamine groups is 1. The predicted octanol–water partition coefficient (Wildman–Crippen LogP) is 17.8. The number of carbonyl (C=O) groups is 1. The summed E-state index contributed by atoms with van der Waals surface area (Å²) in [6.45, 7) is 2.25. The maximum atomic E-state index is 12.2. The van der Waals surface area contributed by atoms with E-state index in [1.54, 1.807) is 41.6 Å². The molecule has 0 saturated heterocycles. The maximum absolute atomic E-state index is 12.2. The molecule has 21 nitrogen and oxygen atoms in total. The minimum Gasteiger partial charge on any atom is -0.409 e. The van der Waals surface area contributed by atoms with Crippen LogP contribution in [0.3, 0.4) is 0 Å². The quantitative estimate of drug-likeness (QED) is 0.0169. The first-order chi connectivity index (χ1) is 52.3. The van der Waals surface area contributed by atoms with Crippen LogP contribution in [0, 0.1) is 0 Å². The number of nitrogens with one attached hydrogen (secondary N) is 4. The van der Waals surface area contributed by atoms with Gasteiger partial charge in [-0.2, -0.15) is 8.66 Å². The van der Waals surface area contributed by atoms with Gasteiger partial charge in [-0.25, -0.2) is 14.5 Å². The summed E-state index contributed by atoms with van der Waals surface area (Å²) < 4.78 is 54.7. The molecule has 7 N–H and O–H groups in total. The molecule has 12 aromatic rings. The van der Waals surface area contributed by atoms with E-state index in [4.69, 9.17) is 96.9 Å². The third-order valence-corrected chi connectivity index (χ3v) is 18.8. The molecule has 3 heterocycles. The molecule has 1 amide bonds. The van der Waals surface area contributed by atoms with E-state index >= 15 is 0 Å². The van der Waals surface area contributed by atoms with Gasteiger partial charge in [-0.1, -0.05) is 184 Å². The van der Waals surface area contributed by atoms with Crippen LogP contribution in [0.4, 0.5) is 0 Å². The number of nitrogens with two attached hydrogens (primary N) is 1. The summed E-state index contributed by atoms with van der Waals surface area (Å²) in [5.41, 5.74) is 27.3. The Hall–Kier alpha value is -9.93. The number of benzene rings is 10. The number of carbonyl (C=O) groups excluding carboxylic acids is 1. The topological polar surface area (TPSA) is 289 Å². The van der Waals surface area contributed by atoms with E-state index in [-0.39, 0.29) is 16.6 Å². The highest BCUT2D eigenvalue weighted by Gasteiger charge is 2.25. The first-order valence-electron chi connectivity index (χ1n) is 33.1. The first-order valence-corrected chi connectivity index (χ1v) is 36.8. The molecule has 1 unspecified atom stereocenters. The van der Waals surface area contributed by atoms with E-state index in [1.165, 1.54) is 0 Å². The second kappa shape index (κ2) is 39.8. The Kier molecular flexibility index (Phi) is 29.7. The van der Waals surface area contributed by atoms with E-state index in [2.05, 4.69) is 44.4 Å². The molecule has 0 spiro atoms. The van der Waals surface area contributed by atoms with Gasteiger partial charge in [-0.15, -0.1) is 4.40 Å². The molecular formula is C80H72Cl5N9O12S2. The molecule has 0 radical (unpaired) electrons. The van der Waals surface area contributed by atoms with E-state index in [9.17, 15) is 18.6 Å². The fraction of sp³-hybridized carbons (Fsp3) is 0.163. The zero-order chi connectivity index (χ0) is 76.6. The van der Waals surface area contributed by atoms with Crippen molar-refractivity contribution in [2.24, 2.45) is 15.3 Å². The summed E-state index contributed by atoms with van der Waals surface area (Å²) in [6.07, 6.45) is 2.17. The zero-order valence-electron chi connectivity index (χ0n) is 58.7. The number of H-pyrrole nitrogens is 2. The Morgan fingerprint density at radius 1 is 0.500 bits per heavy atom. The second-order valence-corrected chi connectivity index (χ2v) is 27.7. The lowest BCUT2D eigenvalue weighted by atomic mass is 9.97. The first kappa shape index (κ1) is 80.6. The van der Waals surface area contributed by atoms with Crippen LogP contribution in [0.1, 0.15) is 62.1 Å². The molecule has 1 atom stereocenters. The number of aromatic amines is 2. The average molecular weight is 1590 g/mol. The highest BCUT2D eigenvalue weighted by atomic mass is 35.5. The van der Waals surface area contributed by atoms with Crippen molar-refractivity contribution in [3.8, 4) is 78.4 Å². The molecule has 14 rings (SSSR count). The number of aromatic nitrogens is 4. The predicted molar refractivity (Wildman–Crippen MR) is 428 cm³/mol. The van der Waals surface area contributed by atoms with Gasteiger partial charge in [-0.05, 0) is 193 Å². The van der Waals surface area contributed by atoms with Crippen LogP contribution in [0.5, 0.6) is 0 Å². The largest absolute Gasteiger partial charge is 0.439 e. The minimum absolute atomic E-state index is 0.0116. The van der Waals surface area contributed by atoms with Crippen molar-refractivity contribution >= 4 is 98.4 Å². The maximum Gasteiger partial charge on any atom is 0.439 e. The average Bonchev–Trinajstić information content (AvgIpc) is 1.51. The molecule has 1 aliphatic heterocycles. The number of hydrogen-bond donors (Lipinski definition) is 6. The van der Waals surface area contributed by atoms with Crippen molar-refractivity contribution in [1.29, 1.82) is 0 Å². The normalized spacial score (nSPS) is 12.9. The number of ether oxygens (including phenoxy) is 5. The molecule has 1 fully saturated rings. The monoisotopic (exact) mass is 1590 g/mol. The van der Waals surface area contributed by atoms with Crippen molar-refractivity contribution < 1.29 is 46.7 Å². The lowest BCUT2D eigenvalue weighted by molar-refractivity contribution is 0.0950. The van der Waals surface area contributed by atoms with Crippen LogP contribution in [-0.4, -0.2) is 88.1 Å². The number of halogens is 5. The van der Waals surface area contributed by atoms with Gasteiger partial charge in [0.2, 0.25) is 0 Å². The lowest BCUT2D eigenvalue weighted by Gasteiger charge is -2.12. The molecule has 1 saturated carbocycles. The highest BCUT2D eigenvalue weighted by molar-refractivity contribution is 7.79.